The second-order valence-electron chi connectivity index (χ2n) is 21.9. The number of piperazine rings is 1. The molecule has 0 unspecified atom stereocenters. The quantitative estimate of drug-likeness (QED) is 0.0843. The molecule has 74 heavy (non-hydrogen) atoms. The number of aliphatic hydroxyl groups excluding tert-OH is 2. The van der Waals surface area contributed by atoms with E-state index < -0.39 is 41.6 Å². The van der Waals surface area contributed by atoms with Gasteiger partial charge < -0.3 is 49.0 Å². The maximum atomic E-state index is 14.6. The lowest BCUT2D eigenvalue weighted by molar-refractivity contribution is -0.141. The summed E-state index contributed by atoms with van der Waals surface area (Å²) in [6.07, 6.45) is 12.0. The van der Waals surface area contributed by atoms with E-state index in [1.807, 2.05) is 13.8 Å². The molecule has 0 aromatic heterocycles. The van der Waals surface area contributed by atoms with Crippen LogP contribution < -0.4 is 14.2 Å². The number of hydrogen-bond donors (Lipinski definition) is 3. The Morgan fingerprint density at radius 1 is 0.716 bits per heavy atom. The number of phenols is 1. The van der Waals surface area contributed by atoms with E-state index >= 15 is 0 Å². The number of fused-ring (bicyclic) bond motifs is 6. The van der Waals surface area contributed by atoms with E-state index in [1.54, 1.807) is 9.80 Å². The fourth-order valence-electron chi connectivity index (χ4n) is 10.7. The molecule has 5 heterocycles. The molecule has 0 radical (unpaired) electrons. The number of ether oxygens (including phenoxy) is 4. The van der Waals surface area contributed by atoms with Crippen LogP contribution in [-0.2, 0) is 40.3 Å². The summed E-state index contributed by atoms with van der Waals surface area (Å²) in [5, 5.41) is 34.2. The number of nitrogens with zero attached hydrogens (tertiary/aromatic N) is 4. The van der Waals surface area contributed by atoms with Crippen molar-refractivity contribution < 1.29 is 58.2 Å². The van der Waals surface area contributed by atoms with Gasteiger partial charge in [-0.3, -0.25) is 24.1 Å². The molecule has 3 N–H and O–H groups in total. The first kappa shape index (κ1) is 55.6. The van der Waals surface area contributed by atoms with Gasteiger partial charge in [0.1, 0.15) is 34.2 Å². The third-order valence-electron chi connectivity index (χ3n) is 15.5. The first-order valence-corrected chi connectivity index (χ1v) is 26.4. The molecule has 16 heteroatoms. The predicted octanol–water partition coefficient (Wildman–Crippen LogP) is 9.00. The van der Waals surface area contributed by atoms with Gasteiger partial charge in [0.2, 0.25) is 5.91 Å². The van der Waals surface area contributed by atoms with Gasteiger partial charge >= 0.3 is 6.09 Å². The Hall–Kier alpha value is -6.13. The zero-order chi connectivity index (χ0) is 53.6. The monoisotopic (exact) mass is 1020 g/mol. The zero-order valence-electron chi connectivity index (χ0n) is 45.0. The number of rotatable bonds is 20. The van der Waals surface area contributed by atoms with Crippen molar-refractivity contribution in [1.29, 1.82) is 0 Å². The van der Waals surface area contributed by atoms with Gasteiger partial charge in [-0.05, 0) is 125 Å². The van der Waals surface area contributed by atoms with Crippen LogP contribution in [0.4, 0.5) is 4.79 Å². The third-order valence-corrected chi connectivity index (χ3v) is 15.5. The van der Waals surface area contributed by atoms with E-state index in [0.29, 0.717) is 91.0 Å². The minimum Gasteiger partial charge on any atom is -0.508 e. The Morgan fingerprint density at radius 3 is 1.80 bits per heavy atom. The van der Waals surface area contributed by atoms with Crippen LogP contribution in [0.1, 0.15) is 169 Å². The van der Waals surface area contributed by atoms with E-state index in [4.69, 9.17) is 18.9 Å². The Morgan fingerprint density at radius 2 is 1.24 bits per heavy atom. The summed E-state index contributed by atoms with van der Waals surface area (Å²) in [7, 11) is 0. The smallest absolute Gasteiger partial charge is 0.415 e. The minimum absolute atomic E-state index is 0.00148. The number of aliphatic hydroxyl groups is 2. The highest BCUT2D eigenvalue weighted by Gasteiger charge is 2.47. The molecular weight excluding hydrogens is 945 g/mol. The molecule has 5 aliphatic rings. The molecule has 0 spiro atoms. The molecule has 5 aliphatic heterocycles. The first-order valence-electron chi connectivity index (χ1n) is 26.4. The van der Waals surface area contributed by atoms with Crippen LogP contribution in [0, 0.1) is 0 Å². The topological polar surface area (TPSA) is 196 Å². The van der Waals surface area contributed by atoms with E-state index in [2.05, 4.69) is 65.8 Å². The van der Waals surface area contributed by atoms with Crippen molar-refractivity contribution in [2.24, 2.45) is 0 Å². The molecule has 402 valence electrons. The Balaban J connectivity index is 1.07. The average Bonchev–Trinajstić information content (AvgIpc) is 3.84. The summed E-state index contributed by atoms with van der Waals surface area (Å²) in [4.78, 5) is 72.6. The van der Waals surface area contributed by atoms with Crippen molar-refractivity contribution in [1.82, 2.24) is 19.6 Å². The number of allylic oxidation sites excluding steroid dienone is 8. The largest absolute Gasteiger partial charge is 0.508 e. The number of amides is 4. The minimum atomic E-state index is -1.07. The van der Waals surface area contributed by atoms with Gasteiger partial charge in [-0.2, -0.15) is 0 Å². The summed E-state index contributed by atoms with van der Waals surface area (Å²) < 4.78 is 25.1. The number of aromatic hydroxyl groups is 1. The molecule has 0 saturated carbocycles. The molecule has 5 atom stereocenters. The molecule has 1 fully saturated rings. The summed E-state index contributed by atoms with van der Waals surface area (Å²) in [5.74, 6) is -0.129. The van der Waals surface area contributed by atoms with Crippen LogP contribution in [0.5, 0.6) is 23.0 Å². The molecule has 4 amide bonds. The molecule has 1 saturated heterocycles. The van der Waals surface area contributed by atoms with Crippen molar-refractivity contribution in [3.05, 3.63) is 92.1 Å². The second-order valence-corrected chi connectivity index (χ2v) is 21.9. The SMILES string of the molecule is CC(=O)N1CCN(C(=O)Oc2cc3c(c4c2C[C@H](O)[C@@](C)(CC/C=C(\C)CCC=C(C)C)O4)CN([C@@H](CCCN2Cc4c(cc(O)c5c4O[C@](C)(CC/C=C(\C)CCC=C(C)C)[C@@H](O)C5)C2=O)OC=O)C3=O)CC1. The van der Waals surface area contributed by atoms with E-state index in [0.717, 1.165) is 25.7 Å². The summed E-state index contributed by atoms with van der Waals surface area (Å²) in [5.41, 5.74) is 5.60. The molecule has 0 bridgehead atoms. The normalized spacial score (nSPS) is 22.7. The highest BCUT2D eigenvalue weighted by Crippen LogP contribution is 2.49. The van der Waals surface area contributed by atoms with Crippen LogP contribution in [0.15, 0.2) is 58.7 Å². The predicted molar refractivity (Wildman–Crippen MR) is 280 cm³/mol. The van der Waals surface area contributed by atoms with Crippen molar-refractivity contribution >= 4 is 30.3 Å². The van der Waals surface area contributed by atoms with Crippen molar-refractivity contribution in [3.8, 4) is 23.0 Å². The molecule has 16 nitrogen and oxygen atoms in total. The van der Waals surface area contributed by atoms with E-state index in [9.17, 15) is 39.3 Å². The lowest BCUT2D eigenvalue weighted by Crippen LogP contribution is -2.51. The van der Waals surface area contributed by atoms with E-state index in [1.165, 1.54) is 51.1 Å². The lowest BCUT2D eigenvalue weighted by Gasteiger charge is -2.41. The molecule has 2 aromatic rings. The maximum absolute atomic E-state index is 14.6. The zero-order valence-corrected chi connectivity index (χ0v) is 45.0. The van der Waals surface area contributed by atoms with Gasteiger partial charge in [-0.25, -0.2) is 4.79 Å². The van der Waals surface area contributed by atoms with Gasteiger partial charge in [-0.15, -0.1) is 0 Å². The molecule has 2 aromatic carbocycles. The van der Waals surface area contributed by atoms with Crippen molar-refractivity contribution in [2.75, 3.05) is 32.7 Å². The fraction of sp³-hybridized carbons (Fsp3) is 0.569. The van der Waals surface area contributed by atoms with Gasteiger partial charge in [0, 0.05) is 81.2 Å². The second kappa shape index (κ2) is 23.6. The highest BCUT2D eigenvalue weighted by atomic mass is 16.6. The number of carbonyl (C=O) groups excluding carboxylic acids is 5. The van der Waals surface area contributed by atoms with Crippen LogP contribution in [0.2, 0.25) is 0 Å². The van der Waals surface area contributed by atoms with Crippen LogP contribution >= 0.6 is 0 Å². The lowest BCUT2D eigenvalue weighted by atomic mass is 9.84. The van der Waals surface area contributed by atoms with Crippen LogP contribution in [0.25, 0.3) is 0 Å². The van der Waals surface area contributed by atoms with Crippen LogP contribution in [-0.4, -0.2) is 128 Å². The highest BCUT2D eigenvalue weighted by molar-refractivity contribution is 6.01. The molecular formula is C58H78N4O12. The molecule has 0 aliphatic carbocycles. The van der Waals surface area contributed by atoms with Gasteiger partial charge in [-0.1, -0.05) is 46.6 Å². The summed E-state index contributed by atoms with van der Waals surface area (Å²) in [6.45, 7) is 19.7. The van der Waals surface area contributed by atoms with Crippen molar-refractivity contribution in [2.45, 2.75) is 182 Å². The van der Waals surface area contributed by atoms with E-state index in [-0.39, 0.29) is 80.9 Å². The van der Waals surface area contributed by atoms with Gasteiger partial charge in [0.05, 0.1) is 36.4 Å². The Labute approximate surface area is 436 Å². The van der Waals surface area contributed by atoms with Gasteiger partial charge in [0.25, 0.3) is 18.3 Å². The Bertz CT molecular complexity index is 2600. The number of phenolic OH excluding ortho intramolecular Hbond substituents is 1. The van der Waals surface area contributed by atoms with Crippen molar-refractivity contribution in [3.63, 3.8) is 0 Å². The molecule has 7 rings (SSSR count). The number of hydrogen-bond acceptors (Lipinski definition) is 12. The summed E-state index contributed by atoms with van der Waals surface area (Å²) in [6, 6.07) is 2.95. The Kier molecular flexibility index (Phi) is 17.7. The standard InChI is InChI=1S/C58H78N4O12/c1-36(2)15-10-17-38(5)19-12-22-57(8)49(66)31-43-47(65)29-41-45(52(43)73-57)33-61(54(41)68)24-14-21-51(71-35-63)62-34-46-42(55(62)69)30-48(72-56(70)60-27-25-59(26-28-60)40(7)64)44-32-50(67)58(9,74-53(44)46)23-13-20-39(6)18-11-16-37(3)4/h15-16,19-20,29-30,35,49-51,65-67H,10-14,17-18,21-28,31-34H2,1-9H3/b38-19+,39-20+/t49-,50-,51+,57+,58+/m0/s1. The van der Waals surface area contributed by atoms with Crippen LogP contribution in [0.3, 0.4) is 0 Å². The fourth-order valence-corrected chi connectivity index (χ4v) is 10.7. The maximum Gasteiger partial charge on any atom is 0.415 e. The third kappa shape index (κ3) is 12.5. The average molecular weight is 1020 g/mol. The summed E-state index contributed by atoms with van der Waals surface area (Å²) >= 11 is 0. The van der Waals surface area contributed by atoms with Gasteiger partial charge in [0.15, 0.2) is 6.23 Å². The number of benzene rings is 2. The number of carbonyl (C=O) groups is 5. The first-order chi connectivity index (χ1) is 35.1.